The van der Waals surface area contributed by atoms with Crippen LogP contribution in [0.15, 0.2) is 36.4 Å². The fraction of sp³-hybridized carbons (Fsp3) is 0.286. The lowest BCUT2D eigenvalue weighted by atomic mass is 10.2. The lowest BCUT2D eigenvalue weighted by molar-refractivity contribution is 0.912. The van der Waals surface area contributed by atoms with Crippen LogP contribution in [0.1, 0.15) is 24.0 Å². The summed E-state index contributed by atoms with van der Waals surface area (Å²) >= 11 is 0. The van der Waals surface area contributed by atoms with Gasteiger partial charge in [-0.3, -0.25) is 0 Å². The fourth-order valence-electron chi connectivity index (χ4n) is 1.67. The second-order valence-electron chi connectivity index (χ2n) is 4.00. The summed E-state index contributed by atoms with van der Waals surface area (Å²) in [5, 5.41) is 3.33. The molecule has 88 valence electrons. The smallest absolute Gasteiger partial charge is 0.130 e. The van der Waals surface area contributed by atoms with E-state index in [0.717, 1.165) is 30.3 Å². The molecule has 0 saturated carbocycles. The highest BCUT2D eigenvalue weighted by atomic mass is 15.0. The molecule has 1 aromatic heterocycles. The molecular weight excluding hydrogens is 210 g/mol. The van der Waals surface area contributed by atoms with Crippen LogP contribution in [0.2, 0.25) is 0 Å². The predicted molar refractivity (Wildman–Crippen MR) is 69.9 cm³/mol. The first-order valence-corrected chi connectivity index (χ1v) is 5.90. The molecule has 17 heavy (non-hydrogen) atoms. The Morgan fingerprint density at radius 1 is 1.12 bits per heavy atom. The third-order valence-electron chi connectivity index (χ3n) is 2.53. The molecule has 0 aliphatic heterocycles. The summed E-state index contributed by atoms with van der Waals surface area (Å²) < 4.78 is 0. The Kier molecular flexibility index (Phi) is 3.70. The Balaban J connectivity index is 2.06. The molecule has 3 nitrogen and oxygen atoms in total. The van der Waals surface area contributed by atoms with Crippen molar-refractivity contribution in [2.24, 2.45) is 0 Å². The van der Waals surface area contributed by atoms with Gasteiger partial charge in [0.05, 0.1) is 0 Å². The first-order chi connectivity index (χ1) is 8.28. The molecule has 2 aromatic rings. The lowest BCUT2D eigenvalue weighted by Gasteiger charge is -2.07. The van der Waals surface area contributed by atoms with Crippen molar-refractivity contribution in [1.29, 1.82) is 0 Å². The summed E-state index contributed by atoms with van der Waals surface area (Å²) in [6, 6.07) is 12.3. The Bertz CT molecular complexity index is 480. The van der Waals surface area contributed by atoms with Crippen molar-refractivity contribution in [3.8, 4) is 0 Å². The van der Waals surface area contributed by atoms with Gasteiger partial charge in [-0.25, -0.2) is 9.97 Å². The fourth-order valence-corrected chi connectivity index (χ4v) is 1.67. The first-order valence-electron chi connectivity index (χ1n) is 5.90. The molecule has 2 rings (SSSR count). The summed E-state index contributed by atoms with van der Waals surface area (Å²) in [5.41, 5.74) is 2.26. The van der Waals surface area contributed by atoms with Gasteiger partial charge in [-0.2, -0.15) is 0 Å². The quantitative estimate of drug-likeness (QED) is 0.872. The highest BCUT2D eigenvalue weighted by Crippen LogP contribution is 2.08. The minimum atomic E-state index is 0.792. The van der Waals surface area contributed by atoms with Crippen LogP contribution in [-0.4, -0.2) is 9.97 Å². The summed E-state index contributed by atoms with van der Waals surface area (Å²) in [4.78, 5) is 8.80. The Morgan fingerprint density at radius 2 is 1.88 bits per heavy atom. The van der Waals surface area contributed by atoms with Gasteiger partial charge in [-0.15, -0.1) is 0 Å². The average Bonchev–Trinajstić information content (AvgIpc) is 2.37. The van der Waals surface area contributed by atoms with Crippen LogP contribution in [0.4, 0.5) is 5.82 Å². The monoisotopic (exact) mass is 227 g/mol. The second kappa shape index (κ2) is 5.43. The average molecular weight is 227 g/mol. The number of nitrogens with zero attached hydrogens (tertiary/aromatic N) is 2. The molecule has 0 aliphatic carbocycles. The van der Waals surface area contributed by atoms with Gasteiger partial charge in [-0.1, -0.05) is 37.3 Å². The predicted octanol–water partition coefficient (Wildman–Crippen LogP) is 2.96. The number of hydrogen-bond acceptors (Lipinski definition) is 3. The largest absolute Gasteiger partial charge is 0.366 e. The third-order valence-corrected chi connectivity index (χ3v) is 2.53. The van der Waals surface area contributed by atoms with E-state index in [1.54, 1.807) is 0 Å². The van der Waals surface area contributed by atoms with Crippen LogP contribution in [-0.2, 0) is 13.0 Å². The van der Waals surface area contributed by atoms with Crippen LogP contribution >= 0.6 is 0 Å². The Labute approximate surface area is 102 Å². The minimum Gasteiger partial charge on any atom is -0.366 e. The van der Waals surface area contributed by atoms with Crippen LogP contribution in [0.5, 0.6) is 0 Å². The van der Waals surface area contributed by atoms with Crippen molar-refractivity contribution < 1.29 is 0 Å². The van der Waals surface area contributed by atoms with Gasteiger partial charge in [0.25, 0.3) is 0 Å². The summed E-state index contributed by atoms with van der Waals surface area (Å²) in [5.74, 6) is 1.79. The molecule has 1 N–H and O–H groups in total. The number of benzene rings is 1. The maximum atomic E-state index is 4.44. The van der Waals surface area contributed by atoms with Gasteiger partial charge in [0.2, 0.25) is 0 Å². The van der Waals surface area contributed by atoms with E-state index in [-0.39, 0.29) is 0 Å². The molecule has 0 radical (unpaired) electrons. The first kappa shape index (κ1) is 11.6. The SMILES string of the molecule is CCc1nc(C)cc(NCc2ccccc2)n1. The zero-order chi connectivity index (χ0) is 12.1. The summed E-state index contributed by atoms with van der Waals surface area (Å²) in [6.07, 6.45) is 0.863. The number of nitrogens with one attached hydrogen (secondary N) is 1. The van der Waals surface area contributed by atoms with Gasteiger partial charge < -0.3 is 5.32 Å². The van der Waals surface area contributed by atoms with Gasteiger partial charge in [0.1, 0.15) is 11.6 Å². The van der Waals surface area contributed by atoms with Gasteiger partial charge in [-0.05, 0) is 12.5 Å². The number of hydrogen-bond donors (Lipinski definition) is 1. The lowest BCUT2D eigenvalue weighted by Crippen LogP contribution is -2.05. The molecule has 0 bridgehead atoms. The molecule has 1 heterocycles. The van der Waals surface area contributed by atoms with E-state index < -0.39 is 0 Å². The van der Waals surface area contributed by atoms with Gasteiger partial charge >= 0.3 is 0 Å². The topological polar surface area (TPSA) is 37.8 Å². The highest BCUT2D eigenvalue weighted by Gasteiger charge is 2.00. The Hall–Kier alpha value is -1.90. The van der Waals surface area contributed by atoms with Crippen molar-refractivity contribution in [1.82, 2.24) is 9.97 Å². The molecule has 1 aromatic carbocycles. The number of aromatic nitrogens is 2. The van der Waals surface area contributed by atoms with E-state index in [9.17, 15) is 0 Å². The molecule has 0 aliphatic rings. The van der Waals surface area contributed by atoms with Crippen LogP contribution < -0.4 is 5.32 Å². The molecule has 3 heteroatoms. The minimum absolute atomic E-state index is 0.792. The van der Waals surface area contributed by atoms with E-state index in [1.807, 2.05) is 31.2 Å². The third kappa shape index (κ3) is 3.28. The molecule has 0 fully saturated rings. The van der Waals surface area contributed by atoms with E-state index in [1.165, 1.54) is 5.56 Å². The van der Waals surface area contributed by atoms with Gasteiger partial charge in [0.15, 0.2) is 0 Å². The highest BCUT2D eigenvalue weighted by molar-refractivity contribution is 5.37. The molecule has 0 saturated heterocycles. The van der Waals surface area contributed by atoms with Crippen molar-refractivity contribution in [2.45, 2.75) is 26.8 Å². The molecule has 0 spiro atoms. The van der Waals surface area contributed by atoms with Crippen molar-refractivity contribution in [2.75, 3.05) is 5.32 Å². The van der Waals surface area contributed by atoms with Gasteiger partial charge in [0, 0.05) is 24.7 Å². The van der Waals surface area contributed by atoms with Crippen molar-refractivity contribution in [3.05, 3.63) is 53.5 Å². The second-order valence-corrected chi connectivity index (χ2v) is 4.00. The number of anilines is 1. The van der Waals surface area contributed by atoms with E-state index in [0.29, 0.717) is 0 Å². The molecular formula is C14H17N3. The van der Waals surface area contributed by atoms with Crippen molar-refractivity contribution in [3.63, 3.8) is 0 Å². The normalized spacial score (nSPS) is 10.2. The maximum absolute atomic E-state index is 4.44. The molecule has 0 atom stereocenters. The van der Waals surface area contributed by atoms with Crippen LogP contribution in [0.25, 0.3) is 0 Å². The zero-order valence-corrected chi connectivity index (χ0v) is 10.3. The Morgan fingerprint density at radius 3 is 2.59 bits per heavy atom. The van der Waals surface area contributed by atoms with Crippen molar-refractivity contribution >= 4 is 5.82 Å². The van der Waals surface area contributed by atoms with E-state index >= 15 is 0 Å². The standard InChI is InChI=1S/C14H17N3/c1-3-13-16-11(2)9-14(17-13)15-10-12-7-5-4-6-8-12/h4-9H,3,10H2,1-2H3,(H,15,16,17). The van der Waals surface area contributed by atoms with E-state index in [2.05, 4.69) is 34.3 Å². The molecule has 0 unspecified atom stereocenters. The number of rotatable bonds is 4. The summed E-state index contributed by atoms with van der Waals surface area (Å²) in [6.45, 7) is 4.85. The number of aryl methyl sites for hydroxylation is 2. The van der Waals surface area contributed by atoms with Crippen LogP contribution in [0.3, 0.4) is 0 Å². The zero-order valence-electron chi connectivity index (χ0n) is 10.3. The summed E-state index contributed by atoms with van der Waals surface area (Å²) in [7, 11) is 0. The maximum Gasteiger partial charge on any atom is 0.130 e. The van der Waals surface area contributed by atoms with E-state index in [4.69, 9.17) is 0 Å². The molecule has 0 amide bonds. The van der Waals surface area contributed by atoms with Crippen LogP contribution in [0, 0.1) is 6.92 Å².